The summed E-state index contributed by atoms with van der Waals surface area (Å²) in [5.41, 5.74) is 2.01. The first-order valence-electron chi connectivity index (χ1n) is 8.78. The topological polar surface area (TPSA) is 103 Å². The molecule has 0 aliphatic carbocycles. The normalized spacial score (nSPS) is 15.1. The number of carbonyl (C=O) groups excluding carboxylic acids is 3. The second-order valence-electron chi connectivity index (χ2n) is 6.48. The highest BCUT2D eigenvalue weighted by atomic mass is 16.4. The Kier molecular flexibility index (Phi) is 4.48. The maximum atomic E-state index is 12.6. The van der Waals surface area contributed by atoms with Crippen molar-refractivity contribution >= 4 is 29.7 Å². The molecule has 1 fully saturated rings. The highest BCUT2D eigenvalue weighted by Crippen LogP contribution is 2.28. The summed E-state index contributed by atoms with van der Waals surface area (Å²) in [6, 6.07) is 16.0. The van der Waals surface area contributed by atoms with Crippen LogP contribution in [0.25, 0.3) is 17.4 Å². The highest BCUT2D eigenvalue weighted by molar-refractivity contribution is 6.28. The number of furan rings is 1. The zero-order valence-electron chi connectivity index (χ0n) is 15.3. The molecule has 2 aromatic carbocycles. The first-order valence-corrected chi connectivity index (χ1v) is 8.78. The fourth-order valence-corrected chi connectivity index (χ4v) is 3.08. The van der Waals surface area contributed by atoms with Crippen molar-refractivity contribution in [3.63, 3.8) is 0 Å². The number of nitrogens with zero attached hydrogens (tertiary/aromatic N) is 1. The van der Waals surface area contributed by atoms with Crippen LogP contribution in [-0.2, 0) is 4.79 Å². The lowest BCUT2D eigenvalue weighted by Gasteiger charge is -2.10. The van der Waals surface area contributed by atoms with Gasteiger partial charge in [-0.15, -0.1) is 0 Å². The molecule has 1 N–H and O–H groups in total. The lowest BCUT2D eigenvalue weighted by atomic mass is 10.0. The lowest BCUT2D eigenvalue weighted by molar-refractivity contribution is -0.255. The average molecular weight is 387 g/mol. The van der Waals surface area contributed by atoms with Crippen molar-refractivity contribution in [1.29, 1.82) is 0 Å². The Bertz CT molecular complexity index is 1160. The van der Waals surface area contributed by atoms with Gasteiger partial charge in [0.15, 0.2) is 0 Å². The summed E-state index contributed by atoms with van der Waals surface area (Å²) in [6.07, 6.45) is 1.44. The first-order chi connectivity index (χ1) is 13.9. The third kappa shape index (κ3) is 3.41. The number of hydrogen-bond donors (Lipinski definition) is 1. The molecule has 2 heterocycles. The van der Waals surface area contributed by atoms with Crippen LogP contribution in [-0.4, -0.2) is 17.9 Å². The number of carboxylic acids is 1. The number of rotatable bonds is 4. The minimum Gasteiger partial charge on any atom is -0.545 e. The van der Waals surface area contributed by atoms with Crippen LogP contribution in [0, 0.1) is 6.92 Å². The van der Waals surface area contributed by atoms with E-state index in [9.17, 15) is 19.5 Å². The van der Waals surface area contributed by atoms with Crippen LogP contribution in [0.15, 0.2) is 70.8 Å². The van der Waals surface area contributed by atoms with Crippen LogP contribution in [0.4, 0.5) is 10.5 Å². The molecule has 7 nitrogen and oxygen atoms in total. The number of aromatic carboxylic acids is 1. The maximum Gasteiger partial charge on any atom is 0.333 e. The fraction of sp³-hybridized carbons (Fsp3) is 0.0455. The molecule has 29 heavy (non-hydrogen) atoms. The van der Waals surface area contributed by atoms with Crippen LogP contribution >= 0.6 is 0 Å². The molecule has 144 valence electrons. The van der Waals surface area contributed by atoms with Crippen molar-refractivity contribution < 1.29 is 23.9 Å². The van der Waals surface area contributed by atoms with Gasteiger partial charge in [-0.25, -0.2) is 9.69 Å². The van der Waals surface area contributed by atoms with Gasteiger partial charge in [-0.3, -0.25) is 4.79 Å². The number of imide groups is 1. The Balaban J connectivity index is 1.64. The molecule has 0 radical (unpaired) electrons. The van der Waals surface area contributed by atoms with Gasteiger partial charge in [-0.2, -0.15) is 0 Å². The summed E-state index contributed by atoms with van der Waals surface area (Å²) in [6.45, 7) is 1.83. The number of carboxylic acid groups (broad SMARTS) is 1. The van der Waals surface area contributed by atoms with Crippen molar-refractivity contribution in [1.82, 2.24) is 5.32 Å². The van der Waals surface area contributed by atoms with Gasteiger partial charge in [0.2, 0.25) is 0 Å². The fourth-order valence-electron chi connectivity index (χ4n) is 3.08. The van der Waals surface area contributed by atoms with Crippen molar-refractivity contribution in [3.8, 4) is 11.3 Å². The highest BCUT2D eigenvalue weighted by Gasteiger charge is 2.34. The largest absolute Gasteiger partial charge is 0.545 e. The molecule has 0 saturated carbocycles. The Morgan fingerprint density at radius 3 is 2.55 bits per heavy atom. The van der Waals surface area contributed by atoms with Crippen molar-refractivity contribution in [2.45, 2.75) is 6.92 Å². The molecular formula is C22H15N2O5-. The van der Waals surface area contributed by atoms with Crippen LogP contribution in [0.5, 0.6) is 0 Å². The van der Waals surface area contributed by atoms with E-state index in [1.54, 1.807) is 48.5 Å². The van der Waals surface area contributed by atoms with Crippen molar-refractivity contribution in [3.05, 3.63) is 83.2 Å². The summed E-state index contributed by atoms with van der Waals surface area (Å²) >= 11 is 0. The van der Waals surface area contributed by atoms with E-state index >= 15 is 0 Å². The van der Waals surface area contributed by atoms with Crippen LogP contribution in [0.3, 0.4) is 0 Å². The maximum absolute atomic E-state index is 12.6. The minimum absolute atomic E-state index is 0.0404. The van der Waals surface area contributed by atoms with E-state index < -0.39 is 17.9 Å². The number of amides is 3. The van der Waals surface area contributed by atoms with Gasteiger partial charge in [-0.1, -0.05) is 30.3 Å². The Hall–Kier alpha value is -4.13. The number of nitrogens with one attached hydrogen (secondary N) is 1. The Morgan fingerprint density at radius 1 is 1.07 bits per heavy atom. The van der Waals surface area contributed by atoms with E-state index in [1.165, 1.54) is 18.2 Å². The summed E-state index contributed by atoms with van der Waals surface area (Å²) in [7, 11) is 0. The predicted octanol–water partition coefficient (Wildman–Crippen LogP) is 2.72. The molecular weight excluding hydrogens is 372 g/mol. The summed E-state index contributed by atoms with van der Waals surface area (Å²) < 4.78 is 5.76. The van der Waals surface area contributed by atoms with E-state index in [-0.39, 0.29) is 11.3 Å². The minimum atomic E-state index is -1.28. The average Bonchev–Trinajstić information content (AvgIpc) is 3.27. The van der Waals surface area contributed by atoms with Gasteiger partial charge in [0.05, 0.1) is 11.7 Å². The molecule has 4 rings (SSSR count). The van der Waals surface area contributed by atoms with Crippen molar-refractivity contribution in [2.75, 3.05) is 4.90 Å². The zero-order chi connectivity index (χ0) is 20.5. The van der Waals surface area contributed by atoms with E-state index in [0.717, 1.165) is 10.5 Å². The summed E-state index contributed by atoms with van der Waals surface area (Å²) in [5.74, 6) is -0.986. The SMILES string of the molecule is Cc1ccc(C(=O)[O-])cc1-c1ccc(/C=C2/NC(=O)N(c3ccccc3)C2=O)o1. The first kappa shape index (κ1) is 18.2. The molecule has 1 aliphatic rings. The second kappa shape index (κ2) is 7.12. The number of para-hydroxylation sites is 1. The number of hydrogen-bond acceptors (Lipinski definition) is 5. The number of aryl methyl sites for hydroxylation is 1. The molecule has 0 unspecified atom stereocenters. The zero-order valence-corrected chi connectivity index (χ0v) is 15.3. The van der Waals surface area contributed by atoms with E-state index in [0.29, 0.717) is 22.8 Å². The number of urea groups is 1. The molecule has 3 aromatic rings. The second-order valence-corrected chi connectivity index (χ2v) is 6.48. The molecule has 1 aliphatic heterocycles. The van der Waals surface area contributed by atoms with E-state index in [4.69, 9.17) is 4.42 Å². The predicted molar refractivity (Wildman–Crippen MR) is 104 cm³/mol. The van der Waals surface area contributed by atoms with Crippen LogP contribution in [0.1, 0.15) is 21.7 Å². The molecule has 0 bridgehead atoms. The number of anilines is 1. The number of benzene rings is 2. The van der Waals surface area contributed by atoms with Crippen LogP contribution < -0.4 is 15.3 Å². The summed E-state index contributed by atoms with van der Waals surface area (Å²) in [4.78, 5) is 37.0. The van der Waals surface area contributed by atoms with Gasteiger partial charge < -0.3 is 19.6 Å². The van der Waals surface area contributed by atoms with Crippen LogP contribution in [0.2, 0.25) is 0 Å². The molecule has 1 aromatic heterocycles. The Labute approximate surface area is 165 Å². The molecule has 3 amide bonds. The quantitative estimate of drug-likeness (QED) is 0.548. The van der Waals surface area contributed by atoms with Gasteiger partial charge >= 0.3 is 6.03 Å². The third-order valence-corrected chi connectivity index (χ3v) is 4.54. The molecule has 0 spiro atoms. The van der Waals surface area contributed by atoms with Gasteiger partial charge in [-0.05, 0) is 48.4 Å². The number of carbonyl (C=O) groups is 3. The molecule has 7 heteroatoms. The van der Waals surface area contributed by atoms with E-state index in [1.807, 2.05) is 6.92 Å². The van der Waals surface area contributed by atoms with Gasteiger partial charge in [0, 0.05) is 11.6 Å². The van der Waals surface area contributed by atoms with Crippen molar-refractivity contribution in [2.24, 2.45) is 0 Å². The standard InChI is InChI=1S/C22H16N2O5/c1-13-7-8-14(21(26)27)11-17(13)19-10-9-16(29-19)12-18-20(25)24(22(28)23-18)15-5-3-2-4-6-15/h2-12H,1H3,(H,23,28)(H,26,27)/p-1/b18-12+. The van der Waals surface area contributed by atoms with Gasteiger partial charge in [0.1, 0.15) is 17.2 Å². The monoisotopic (exact) mass is 387 g/mol. The van der Waals surface area contributed by atoms with Gasteiger partial charge in [0.25, 0.3) is 5.91 Å². The summed E-state index contributed by atoms with van der Waals surface area (Å²) in [5, 5.41) is 13.6. The third-order valence-electron chi connectivity index (χ3n) is 4.54. The molecule has 0 atom stereocenters. The molecule has 1 saturated heterocycles. The lowest BCUT2D eigenvalue weighted by Crippen LogP contribution is -2.30. The Morgan fingerprint density at radius 2 is 1.83 bits per heavy atom. The smallest absolute Gasteiger partial charge is 0.333 e. The van der Waals surface area contributed by atoms with E-state index in [2.05, 4.69) is 5.32 Å².